The van der Waals surface area contributed by atoms with Gasteiger partial charge in [0.25, 0.3) is 5.91 Å². The van der Waals surface area contributed by atoms with E-state index < -0.39 is 5.82 Å². The molecule has 0 aliphatic heterocycles. The number of aryl methyl sites for hydroxylation is 1. The molecular weight excluding hydrogens is 423 g/mol. The molecule has 3 aromatic rings. The minimum Gasteiger partial charge on any atom is -0.360 e. The minimum absolute atomic E-state index is 0.0574. The topological polar surface area (TPSA) is 55.1 Å². The molecule has 3 rings (SSSR count). The molecule has 1 N–H and O–H groups in total. The van der Waals surface area contributed by atoms with Crippen LogP contribution in [0, 0.1) is 12.7 Å². The van der Waals surface area contributed by atoms with E-state index in [4.69, 9.17) is 16.1 Å². The second-order valence-corrected chi connectivity index (χ2v) is 6.92. The minimum atomic E-state index is -0.562. The van der Waals surface area contributed by atoms with Crippen LogP contribution >= 0.6 is 27.5 Å². The number of aromatic nitrogens is 1. The molecule has 0 radical (unpaired) electrons. The number of carbonyl (C=O) groups is 1. The van der Waals surface area contributed by atoms with Crippen LogP contribution in [0.3, 0.4) is 0 Å². The van der Waals surface area contributed by atoms with Crippen molar-refractivity contribution >= 4 is 33.4 Å². The standard InChI is InChI=1S/C19H15BrClFN2O2/c1-11-16(18(24-26-11)17-14(21)7-4-8-15(17)22)19(25)23-10-9-12-5-2-3-6-13(12)20/h2-8H,9-10H2,1H3,(H,23,25). The Balaban J connectivity index is 1.80. The fourth-order valence-corrected chi connectivity index (χ4v) is 3.37. The summed E-state index contributed by atoms with van der Waals surface area (Å²) in [4.78, 5) is 12.6. The van der Waals surface area contributed by atoms with Crippen molar-refractivity contribution in [2.24, 2.45) is 0 Å². The van der Waals surface area contributed by atoms with Gasteiger partial charge in [0.2, 0.25) is 0 Å². The Morgan fingerprint density at radius 2 is 2.04 bits per heavy atom. The summed E-state index contributed by atoms with van der Waals surface area (Å²) in [5.41, 5.74) is 1.42. The molecule has 1 heterocycles. The fraction of sp³-hybridized carbons (Fsp3) is 0.158. The molecule has 134 valence electrons. The van der Waals surface area contributed by atoms with E-state index in [0.29, 0.717) is 18.7 Å². The van der Waals surface area contributed by atoms with Gasteiger partial charge in [0, 0.05) is 11.0 Å². The molecule has 26 heavy (non-hydrogen) atoms. The summed E-state index contributed by atoms with van der Waals surface area (Å²) in [6, 6.07) is 12.1. The molecule has 0 atom stereocenters. The van der Waals surface area contributed by atoms with Crippen molar-refractivity contribution in [2.75, 3.05) is 6.54 Å². The number of amides is 1. The maximum atomic E-state index is 14.2. The van der Waals surface area contributed by atoms with Crippen LogP contribution in [-0.2, 0) is 6.42 Å². The number of nitrogens with zero attached hydrogens (tertiary/aromatic N) is 1. The van der Waals surface area contributed by atoms with Crippen molar-refractivity contribution in [1.82, 2.24) is 10.5 Å². The van der Waals surface area contributed by atoms with Gasteiger partial charge in [-0.15, -0.1) is 0 Å². The summed E-state index contributed by atoms with van der Waals surface area (Å²) >= 11 is 9.57. The van der Waals surface area contributed by atoms with E-state index in [1.807, 2.05) is 24.3 Å². The lowest BCUT2D eigenvalue weighted by molar-refractivity contribution is 0.0953. The summed E-state index contributed by atoms with van der Waals surface area (Å²) in [6.07, 6.45) is 0.646. The van der Waals surface area contributed by atoms with Gasteiger partial charge in [-0.2, -0.15) is 0 Å². The van der Waals surface area contributed by atoms with Crippen LogP contribution in [0.15, 0.2) is 51.5 Å². The normalized spacial score (nSPS) is 10.8. The van der Waals surface area contributed by atoms with Gasteiger partial charge in [0.05, 0.1) is 10.6 Å². The van der Waals surface area contributed by atoms with Crippen LogP contribution in [0.2, 0.25) is 5.02 Å². The number of rotatable bonds is 5. The van der Waals surface area contributed by atoms with Gasteiger partial charge in [-0.1, -0.05) is 57.0 Å². The molecule has 1 amide bonds. The lowest BCUT2D eigenvalue weighted by Gasteiger charge is -2.08. The fourth-order valence-electron chi connectivity index (χ4n) is 2.63. The lowest BCUT2D eigenvalue weighted by Crippen LogP contribution is -2.26. The average molecular weight is 438 g/mol. The van der Waals surface area contributed by atoms with Gasteiger partial charge >= 0.3 is 0 Å². The molecule has 0 fully saturated rings. The zero-order valence-electron chi connectivity index (χ0n) is 13.9. The largest absolute Gasteiger partial charge is 0.360 e. The molecule has 0 saturated carbocycles. The molecule has 0 spiro atoms. The third kappa shape index (κ3) is 3.81. The highest BCUT2D eigenvalue weighted by Gasteiger charge is 2.25. The van der Waals surface area contributed by atoms with Gasteiger partial charge < -0.3 is 9.84 Å². The number of benzene rings is 2. The number of nitrogens with one attached hydrogen (secondary N) is 1. The maximum absolute atomic E-state index is 14.2. The van der Waals surface area contributed by atoms with E-state index in [-0.39, 0.29) is 27.8 Å². The van der Waals surface area contributed by atoms with Crippen molar-refractivity contribution in [3.05, 3.63) is 74.7 Å². The molecule has 0 aliphatic rings. The van der Waals surface area contributed by atoms with Crippen molar-refractivity contribution < 1.29 is 13.7 Å². The van der Waals surface area contributed by atoms with E-state index >= 15 is 0 Å². The second kappa shape index (κ2) is 8.01. The molecule has 0 aliphatic carbocycles. The molecule has 0 bridgehead atoms. The molecule has 0 unspecified atom stereocenters. The van der Waals surface area contributed by atoms with E-state index in [0.717, 1.165) is 10.0 Å². The van der Waals surface area contributed by atoms with Crippen LogP contribution in [0.25, 0.3) is 11.3 Å². The zero-order valence-corrected chi connectivity index (χ0v) is 16.2. The number of hydrogen-bond donors (Lipinski definition) is 1. The Kier molecular flexibility index (Phi) is 5.74. The van der Waals surface area contributed by atoms with Gasteiger partial charge in [-0.25, -0.2) is 4.39 Å². The summed E-state index contributed by atoms with van der Waals surface area (Å²) in [5, 5.41) is 6.83. The van der Waals surface area contributed by atoms with Crippen LogP contribution in [0.4, 0.5) is 4.39 Å². The summed E-state index contributed by atoms with van der Waals surface area (Å²) in [7, 11) is 0. The number of hydrogen-bond acceptors (Lipinski definition) is 3. The first-order valence-corrected chi connectivity index (χ1v) is 9.08. The monoisotopic (exact) mass is 436 g/mol. The van der Waals surface area contributed by atoms with Crippen LogP contribution in [0.5, 0.6) is 0 Å². The summed E-state index contributed by atoms with van der Waals surface area (Å²) in [6.45, 7) is 2.02. The predicted molar refractivity (Wildman–Crippen MR) is 102 cm³/mol. The maximum Gasteiger partial charge on any atom is 0.257 e. The van der Waals surface area contributed by atoms with Gasteiger partial charge in [-0.05, 0) is 37.1 Å². The number of carbonyl (C=O) groups excluding carboxylic acids is 1. The summed E-state index contributed by atoms with van der Waals surface area (Å²) in [5.74, 6) is -0.643. The van der Waals surface area contributed by atoms with Crippen molar-refractivity contribution in [2.45, 2.75) is 13.3 Å². The van der Waals surface area contributed by atoms with Gasteiger partial charge in [-0.3, -0.25) is 4.79 Å². The number of halogens is 3. The highest BCUT2D eigenvalue weighted by Crippen LogP contribution is 2.33. The van der Waals surface area contributed by atoms with E-state index in [1.54, 1.807) is 13.0 Å². The van der Waals surface area contributed by atoms with Crippen LogP contribution in [-0.4, -0.2) is 17.6 Å². The van der Waals surface area contributed by atoms with Crippen molar-refractivity contribution in [3.8, 4) is 11.3 Å². The third-order valence-electron chi connectivity index (χ3n) is 3.93. The Hall–Kier alpha value is -2.18. The van der Waals surface area contributed by atoms with Crippen molar-refractivity contribution in [3.63, 3.8) is 0 Å². The molecule has 0 saturated heterocycles. The molecule has 1 aromatic heterocycles. The van der Waals surface area contributed by atoms with E-state index in [2.05, 4.69) is 26.4 Å². The molecule has 7 heteroatoms. The lowest BCUT2D eigenvalue weighted by atomic mass is 10.0. The molecule has 4 nitrogen and oxygen atoms in total. The first kappa shape index (κ1) is 18.6. The average Bonchev–Trinajstić information content (AvgIpc) is 2.98. The highest BCUT2D eigenvalue weighted by molar-refractivity contribution is 9.10. The van der Waals surface area contributed by atoms with Crippen molar-refractivity contribution in [1.29, 1.82) is 0 Å². The smallest absolute Gasteiger partial charge is 0.257 e. The van der Waals surface area contributed by atoms with Gasteiger partial charge in [0.15, 0.2) is 0 Å². The second-order valence-electron chi connectivity index (χ2n) is 5.66. The summed E-state index contributed by atoms with van der Waals surface area (Å²) < 4.78 is 20.3. The van der Waals surface area contributed by atoms with Crippen LogP contribution in [0.1, 0.15) is 21.7 Å². The Morgan fingerprint density at radius 3 is 2.77 bits per heavy atom. The SMILES string of the molecule is Cc1onc(-c2c(F)cccc2Cl)c1C(=O)NCCc1ccccc1Br. The van der Waals surface area contributed by atoms with E-state index in [9.17, 15) is 9.18 Å². The quantitative estimate of drug-likeness (QED) is 0.598. The first-order chi connectivity index (χ1) is 12.5. The molecule has 2 aromatic carbocycles. The van der Waals surface area contributed by atoms with Crippen LogP contribution < -0.4 is 5.32 Å². The van der Waals surface area contributed by atoms with Gasteiger partial charge in [0.1, 0.15) is 22.8 Å². The highest BCUT2D eigenvalue weighted by atomic mass is 79.9. The van der Waals surface area contributed by atoms with E-state index in [1.165, 1.54) is 12.1 Å². The zero-order chi connectivity index (χ0) is 18.7. The third-order valence-corrected chi connectivity index (χ3v) is 5.02. The predicted octanol–water partition coefficient (Wildman–Crippen LogP) is 5.18. The first-order valence-electron chi connectivity index (χ1n) is 7.91. The molecular formula is C19H15BrClFN2O2. The Morgan fingerprint density at radius 1 is 1.27 bits per heavy atom. The Labute approximate surface area is 163 Å². The Bertz CT molecular complexity index is 938.